The van der Waals surface area contributed by atoms with Crippen molar-refractivity contribution in [3.63, 3.8) is 0 Å². The number of aromatic carboxylic acids is 1. The van der Waals surface area contributed by atoms with Gasteiger partial charge in [-0.3, -0.25) is 10.1 Å². The van der Waals surface area contributed by atoms with Crippen LogP contribution in [-0.2, 0) is 0 Å². The Morgan fingerprint density at radius 1 is 1.50 bits per heavy atom. The van der Waals surface area contributed by atoms with E-state index in [-0.39, 0.29) is 11.4 Å². The van der Waals surface area contributed by atoms with Crippen LogP contribution in [-0.4, -0.2) is 30.8 Å². The third-order valence-electron chi connectivity index (χ3n) is 2.06. The Morgan fingerprint density at radius 3 is 2.72 bits per heavy atom. The number of carboxylic acid groups (broad SMARTS) is 1. The first kappa shape index (κ1) is 12.4. The molecule has 0 aromatic carbocycles. The van der Waals surface area contributed by atoms with Crippen molar-refractivity contribution in [2.75, 3.05) is 0 Å². The van der Waals surface area contributed by atoms with Gasteiger partial charge in [0.25, 0.3) is 0 Å². The molecule has 0 saturated heterocycles. The molecule has 0 bridgehead atoms. The number of pyridine rings is 1. The normalized spacial score (nSPS) is 10.3. The van der Waals surface area contributed by atoms with Crippen LogP contribution in [0.1, 0.15) is 10.4 Å². The van der Waals surface area contributed by atoms with Crippen LogP contribution in [0.3, 0.4) is 0 Å². The molecule has 0 radical (unpaired) electrons. The van der Waals surface area contributed by atoms with Crippen LogP contribution in [0.15, 0.2) is 24.7 Å². The zero-order chi connectivity index (χ0) is 13.3. The van der Waals surface area contributed by atoms with Crippen molar-refractivity contribution >= 4 is 34.2 Å². The van der Waals surface area contributed by atoms with E-state index in [0.29, 0.717) is 0 Å². The Balaban J connectivity index is 2.60. The van der Waals surface area contributed by atoms with Gasteiger partial charge in [-0.05, 0) is 22.6 Å². The van der Waals surface area contributed by atoms with Gasteiger partial charge >= 0.3 is 11.7 Å². The summed E-state index contributed by atoms with van der Waals surface area (Å²) in [6.07, 6.45) is 4.12. The standard InChI is InChI=1S/C9H5IN4O4/c10-6-3-12-13(4-6)8-7(14(17)18)1-5(2-11-8)9(15)16/h1-4H,(H,15,16). The van der Waals surface area contributed by atoms with E-state index in [1.54, 1.807) is 6.20 Å². The minimum absolute atomic E-state index is 0.0204. The summed E-state index contributed by atoms with van der Waals surface area (Å²) in [6.45, 7) is 0. The summed E-state index contributed by atoms with van der Waals surface area (Å²) in [4.78, 5) is 24.7. The molecule has 92 valence electrons. The molecule has 1 N–H and O–H groups in total. The first-order chi connectivity index (χ1) is 8.49. The fourth-order valence-electron chi connectivity index (χ4n) is 1.29. The third-order valence-corrected chi connectivity index (χ3v) is 2.62. The number of rotatable bonds is 3. The quantitative estimate of drug-likeness (QED) is 0.504. The maximum Gasteiger partial charge on any atom is 0.337 e. The Labute approximate surface area is 114 Å². The van der Waals surface area contributed by atoms with E-state index >= 15 is 0 Å². The van der Waals surface area contributed by atoms with E-state index in [1.807, 2.05) is 22.6 Å². The second kappa shape index (κ2) is 4.68. The molecular formula is C9H5IN4O4. The summed E-state index contributed by atoms with van der Waals surface area (Å²) in [7, 11) is 0. The van der Waals surface area contributed by atoms with Crippen molar-refractivity contribution < 1.29 is 14.8 Å². The van der Waals surface area contributed by atoms with Gasteiger partial charge in [0.1, 0.15) is 0 Å². The average Bonchev–Trinajstić information content (AvgIpc) is 2.74. The van der Waals surface area contributed by atoms with Gasteiger partial charge in [0.2, 0.25) is 5.82 Å². The molecule has 0 unspecified atom stereocenters. The van der Waals surface area contributed by atoms with Gasteiger partial charge < -0.3 is 5.11 Å². The number of nitrogens with zero attached hydrogens (tertiary/aromatic N) is 4. The predicted octanol–water partition coefficient (Wildman–Crippen LogP) is 1.48. The molecule has 0 aliphatic carbocycles. The van der Waals surface area contributed by atoms with Crippen LogP contribution < -0.4 is 0 Å². The highest BCUT2D eigenvalue weighted by Crippen LogP contribution is 2.21. The predicted molar refractivity (Wildman–Crippen MR) is 67.7 cm³/mol. The van der Waals surface area contributed by atoms with E-state index in [4.69, 9.17) is 5.11 Å². The van der Waals surface area contributed by atoms with Crippen molar-refractivity contribution in [1.82, 2.24) is 14.8 Å². The molecule has 0 atom stereocenters. The molecule has 9 heteroatoms. The molecule has 0 aliphatic heterocycles. The first-order valence-electron chi connectivity index (χ1n) is 4.57. The molecule has 0 saturated carbocycles. The summed E-state index contributed by atoms with van der Waals surface area (Å²) in [6, 6.07) is 0.958. The summed E-state index contributed by atoms with van der Waals surface area (Å²) in [5.41, 5.74) is -0.651. The van der Waals surface area contributed by atoms with E-state index in [0.717, 1.165) is 15.8 Å². The van der Waals surface area contributed by atoms with Crippen molar-refractivity contribution in [3.05, 3.63) is 43.9 Å². The Kier molecular flexibility index (Phi) is 3.23. The zero-order valence-corrected chi connectivity index (χ0v) is 10.8. The molecule has 18 heavy (non-hydrogen) atoms. The first-order valence-corrected chi connectivity index (χ1v) is 5.65. The van der Waals surface area contributed by atoms with Crippen molar-refractivity contribution in [2.24, 2.45) is 0 Å². The summed E-state index contributed by atoms with van der Waals surface area (Å²) in [5, 5.41) is 23.6. The Hall–Kier alpha value is -2.04. The SMILES string of the molecule is O=C(O)c1cnc(-n2cc(I)cn2)c([N+](=O)[O-])c1. The molecular weight excluding hydrogens is 355 g/mol. The van der Waals surface area contributed by atoms with Gasteiger partial charge in [0.05, 0.1) is 20.3 Å². The summed E-state index contributed by atoms with van der Waals surface area (Å²) in [5.74, 6) is -1.29. The summed E-state index contributed by atoms with van der Waals surface area (Å²) >= 11 is 2.00. The number of halogens is 1. The second-order valence-electron chi connectivity index (χ2n) is 3.23. The molecule has 8 nitrogen and oxygen atoms in total. The lowest BCUT2D eigenvalue weighted by Crippen LogP contribution is -2.06. The average molecular weight is 360 g/mol. The number of hydrogen-bond donors (Lipinski definition) is 1. The fraction of sp³-hybridized carbons (Fsp3) is 0. The van der Waals surface area contributed by atoms with Gasteiger partial charge in [0, 0.05) is 18.5 Å². The Bertz CT molecular complexity index is 639. The van der Waals surface area contributed by atoms with Crippen LogP contribution in [0.25, 0.3) is 5.82 Å². The number of carboxylic acids is 1. The minimum atomic E-state index is -1.27. The molecule has 2 aromatic heterocycles. The second-order valence-corrected chi connectivity index (χ2v) is 4.48. The van der Waals surface area contributed by atoms with E-state index in [1.165, 1.54) is 10.9 Å². The highest BCUT2D eigenvalue weighted by atomic mass is 127. The largest absolute Gasteiger partial charge is 0.478 e. The zero-order valence-electron chi connectivity index (χ0n) is 8.65. The highest BCUT2D eigenvalue weighted by molar-refractivity contribution is 14.1. The van der Waals surface area contributed by atoms with Crippen LogP contribution >= 0.6 is 22.6 Å². The lowest BCUT2D eigenvalue weighted by Gasteiger charge is -2.02. The molecule has 2 heterocycles. The smallest absolute Gasteiger partial charge is 0.337 e. The van der Waals surface area contributed by atoms with Crippen molar-refractivity contribution in [3.8, 4) is 5.82 Å². The van der Waals surface area contributed by atoms with Crippen LogP contribution in [0.5, 0.6) is 0 Å². The van der Waals surface area contributed by atoms with Crippen molar-refractivity contribution in [1.29, 1.82) is 0 Å². The van der Waals surface area contributed by atoms with Gasteiger partial charge in [-0.1, -0.05) is 0 Å². The molecule has 2 aromatic rings. The van der Waals surface area contributed by atoms with Crippen LogP contribution in [0.4, 0.5) is 5.69 Å². The van der Waals surface area contributed by atoms with E-state index < -0.39 is 16.6 Å². The van der Waals surface area contributed by atoms with Crippen LogP contribution in [0, 0.1) is 13.7 Å². The lowest BCUT2D eigenvalue weighted by atomic mass is 10.2. The molecule has 0 aliphatic rings. The number of carbonyl (C=O) groups is 1. The van der Waals surface area contributed by atoms with E-state index in [2.05, 4.69) is 10.1 Å². The Morgan fingerprint density at radius 2 is 2.22 bits per heavy atom. The van der Waals surface area contributed by atoms with E-state index in [9.17, 15) is 14.9 Å². The maximum atomic E-state index is 10.9. The number of aromatic nitrogens is 3. The molecule has 0 fully saturated rings. The third kappa shape index (κ3) is 2.30. The maximum absolute atomic E-state index is 10.9. The molecule has 0 amide bonds. The van der Waals surface area contributed by atoms with Gasteiger partial charge in [-0.25, -0.2) is 14.5 Å². The van der Waals surface area contributed by atoms with Gasteiger partial charge in [-0.15, -0.1) is 0 Å². The topological polar surface area (TPSA) is 111 Å². The monoisotopic (exact) mass is 360 g/mol. The van der Waals surface area contributed by atoms with Gasteiger partial charge in [0.15, 0.2) is 0 Å². The number of hydrogen-bond acceptors (Lipinski definition) is 5. The fourth-order valence-corrected chi connectivity index (χ4v) is 1.68. The highest BCUT2D eigenvalue weighted by Gasteiger charge is 2.20. The van der Waals surface area contributed by atoms with Crippen LogP contribution in [0.2, 0.25) is 0 Å². The number of nitro groups is 1. The summed E-state index contributed by atoms with van der Waals surface area (Å²) < 4.78 is 2.01. The van der Waals surface area contributed by atoms with Crippen molar-refractivity contribution in [2.45, 2.75) is 0 Å². The lowest BCUT2D eigenvalue weighted by molar-refractivity contribution is -0.385. The van der Waals surface area contributed by atoms with Gasteiger partial charge in [-0.2, -0.15) is 5.10 Å². The molecule has 2 rings (SSSR count). The minimum Gasteiger partial charge on any atom is -0.478 e. The molecule has 0 spiro atoms.